The molecule has 2 atom stereocenters. The fourth-order valence-electron chi connectivity index (χ4n) is 1.88. The number of hydrogen-bond donors (Lipinski definition) is 2. The van der Waals surface area contributed by atoms with E-state index in [1.54, 1.807) is 0 Å². The lowest BCUT2D eigenvalue weighted by atomic mass is 10.1. The summed E-state index contributed by atoms with van der Waals surface area (Å²) < 4.78 is 0. The maximum absolute atomic E-state index is 5.80. The van der Waals surface area contributed by atoms with Crippen LogP contribution in [-0.2, 0) is 0 Å². The van der Waals surface area contributed by atoms with Gasteiger partial charge in [-0.2, -0.15) is 0 Å². The summed E-state index contributed by atoms with van der Waals surface area (Å²) in [5, 5.41) is 3.24. The summed E-state index contributed by atoms with van der Waals surface area (Å²) >= 11 is 0. The van der Waals surface area contributed by atoms with Crippen LogP contribution < -0.4 is 11.1 Å². The van der Waals surface area contributed by atoms with Crippen LogP contribution in [0.2, 0.25) is 0 Å². The summed E-state index contributed by atoms with van der Waals surface area (Å²) in [6, 6.07) is 10.9. The molecule has 1 aromatic carbocycles. The van der Waals surface area contributed by atoms with Gasteiger partial charge in [0, 0.05) is 12.0 Å². The molecule has 0 bridgehead atoms. The van der Waals surface area contributed by atoms with Crippen LogP contribution in [0.5, 0.6) is 0 Å². The van der Waals surface area contributed by atoms with Gasteiger partial charge in [-0.05, 0) is 18.9 Å². The van der Waals surface area contributed by atoms with Crippen molar-refractivity contribution in [3.63, 3.8) is 0 Å². The fraction of sp³-hybridized carbons (Fsp3) is 0.357. The summed E-state index contributed by atoms with van der Waals surface area (Å²) in [7, 11) is 0. The molecule has 0 aliphatic heterocycles. The van der Waals surface area contributed by atoms with E-state index >= 15 is 0 Å². The first-order valence-electron chi connectivity index (χ1n) is 5.92. The zero-order chi connectivity index (χ0) is 12.3. The highest BCUT2D eigenvalue weighted by Crippen LogP contribution is 2.40. The quantitative estimate of drug-likeness (QED) is 0.377. The maximum atomic E-state index is 5.80. The van der Waals surface area contributed by atoms with Crippen LogP contribution in [-0.4, -0.2) is 18.5 Å². The highest BCUT2D eigenvalue weighted by atomic mass is 127. The van der Waals surface area contributed by atoms with E-state index in [0.717, 1.165) is 12.0 Å². The third-order valence-corrected chi connectivity index (χ3v) is 2.87. The Kier molecular flexibility index (Phi) is 5.65. The Morgan fingerprint density at radius 2 is 2.11 bits per heavy atom. The minimum Gasteiger partial charge on any atom is -0.370 e. The zero-order valence-corrected chi connectivity index (χ0v) is 12.9. The van der Waals surface area contributed by atoms with Gasteiger partial charge in [0.25, 0.3) is 0 Å². The Morgan fingerprint density at radius 1 is 1.44 bits per heavy atom. The zero-order valence-electron chi connectivity index (χ0n) is 10.6. The second-order valence-electron chi connectivity index (χ2n) is 4.66. The second-order valence-corrected chi connectivity index (χ2v) is 4.66. The van der Waals surface area contributed by atoms with E-state index in [-0.39, 0.29) is 24.0 Å². The van der Waals surface area contributed by atoms with Crippen molar-refractivity contribution in [1.82, 2.24) is 5.32 Å². The average molecular weight is 357 g/mol. The van der Waals surface area contributed by atoms with Crippen molar-refractivity contribution in [3.05, 3.63) is 48.0 Å². The van der Waals surface area contributed by atoms with Gasteiger partial charge in [-0.1, -0.05) is 42.5 Å². The Labute approximate surface area is 126 Å². The van der Waals surface area contributed by atoms with Crippen LogP contribution in [0.1, 0.15) is 24.8 Å². The van der Waals surface area contributed by atoms with Gasteiger partial charge in [0.15, 0.2) is 5.96 Å². The van der Waals surface area contributed by atoms with Crippen LogP contribution in [0.4, 0.5) is 0 Å². The topological polar surface area (TPSA) is 50.4 Å². The number of nitrogens with two attached hydrogens (primary N) is 1. The predicted octanol–water partition coefficient (Wildman–Crippen LogP) is 2.64. The molecule has 3 nitrogen and oxygen atoms in total. The first kappa shape index (κ1) is 15.0. The molecule has 1 aliphatic carbocycles. The van der Waals surface area contributed by atoms with E-state index in [9.17, 15) is 0 Å². The molecule has 4 heteroatoms. The number of guanidine groups is 1. The molecule has 1 aliphatic rings. The smallest absolute Gasteiger partial charge is 0.189 e. The molecule has 3 N–H and O–H groups in total. The molecular weight excluding hydrogens is 337 g/mol. The summed E-state index contributed by atoms with van der Waals surface area (Å²) in [5.41, 5.74) is 8.19. The third kappa shape index (κ3) is 4.33. The maximum Gasteiger partial charge on any atom is 0.189 e. The number of nitrogens with zero attached hydrogens (tertiary/aromatic N) is 1. The lowest BCUT2D eigenvalue weighted by molar-refractivity contribution is 0.852. The number of benzene rings is 1. The van der Waals surface area contributed by atoms with Crippen molar-refractivity contribution in [1.29, 1.82) is 0 Å². The average Bonchev–Trinajstić information content (AvgIpc) is 3.07. The third-order valence-electron chi connectivity index (χ3n) is 2.87. The van der Waals surface area contributed by atoms with Crippen LogP contribution in [0, 0.1) is 0 Å². The van der Waals surface area contributed by atoms with Crippen molar-refractivity contribution in [2.75, 3.05) is 6.54 Å². The molecule has 98 valence electrons. The summed E-state index contributed by atoms with van der Waals surface area (Å²) in [6.45, 7) is 6.34. The highest BCUT2D eigenvalue weighted by molar-refractivity contribution is 14.0. The van der Waals surface area contributed by atoms with E-state index in [0.29, 0.717) is 24.5 Å². The molecule has 1 fully saturated rings. The van der Waals surface area contributed by atoms with E-state index in [1.165, 1.54) is 5.56 Å². The normalized spacial score (nSPS) is 21.9. The number of aliphatic imine (C=N–C) groups is 1. The molecule has 0 saturated heterocycles. The highest BCUT2D eigenvalue weighted by Gasteiger charge is 2.38. The fourth-order valence-corrected chi connectivity index (χ4v) is 1.88. The summed E-state index contributed by atoms with van der Waals surface area (Å²) in [5.74, 6) is 1.10. The molecule has 1 aromatic rings. The van der Waals surface area contributed by atoms with Crippen LogP contribution >= 0.6 is 24.0 Å². The van der Waals surface area contributed by atoms with Crippen molar-refractivity contribution in [2.45, 2.75) is 25.3 Å². The van der Waals surface area contributed by atoms with Gasteiger partial charge in [0.05, 0.1) is 6.54 Å². The molecule has 0 spiro atoms. The molecule has 18 heavy (non-hydrogen) atoms. The monoisotopic (exact) mass is 357 g/mol. The Bertz CT molecular complexity index is 428. The first-order valence-corrected chi connectivity index (χ1v) is 5.92. The Morgan fingerprint density at radius 3 is 2.72 bits per heavy atom. The lowest BCUT2D eigenvalue weighted by Crippen LogP contribution is -2.34. The van der Waals surface area contributed by atoms with Crippen LogP contribution in [0.3, 0.4) is 0 Å². The molecule has 1 saturated carbocycles. The minimum atomic E-state index is 0. The van der Waals surface area contributed by atoms with Crippen LogP contribution in [0.25, 0.3) is 0 Å². The minimum absolute atomic E-state index is 0. The Hall–Kier alpha value is -1.04. The molecule has 0 aromatic heterocycles. The summed E-state index contributed by atoms with van der Waals surface area (Å²) in [4.78, 5) is 4.22. The van der Waals surface area contributed by atoms with Gasteiger partial charge in [-0.15, -0.1) is 24.0 Å². The standard InChI is InChI=1S/C14H19N3.HI/c1-10(2)9-16-14(15)17-13-8-12(13)11-6-4-3-5-7-11;/h3-7,12-13H,1,8-9H2,2H3,(H3,15,16,17);1H. The van der Waals surface area contributed by atoms with Crippen molar-refractivity contribution < 1.29 is 0 Å². The molecule has 0 amide bonds. The number of halogens is 1. The van der Waals surface area contributed by atoms with Crippen molar-refractivity contribution >= 4 is 29.9 Å². The predicted molar refractivity (Wildman–Crippen MR) is 87.4 cm³/mol. The summed E-state index contributed by atoms with van der Waals surface area (Å²) in [6.07, 6.45) is 1.13. The second kappa shape index (κ2) is 6.78. The van der Waals surface area contributed by atoms with Gasteiger partial charge >= 0.3 is 0 Å². The SMILES string of the molecule is C=C(C)CN=C(N)NC1CC1c1ccccc1.I. The largest absolute Gasteiger partial charge is 0.370 e. The molecule has 0 heterocycles. The molecule has 2 unspecified atom stereocenters. The van der Waals surface area contributed by atoms with Gasteiger partial charge in [0.1, 0.15) is 0 Å². The Balaban J connectivity index is 0.00000162. The molecular formula is C14H20IN3. The molecule has 2 rings (SSSR count). The van der Waals surface area contributed by atoms with Gasteiger partial charge in [-0.25, -0.2) is 4.99 Å². The van der Waals surface area contributed by atoms with Crippen molar-refractivity contribution in [3.8, 4) is 0 Å². The van der Waals surface area contributed by atoms with Gasteiger partial charge in [-0.3, -0.25) is 0 Å². The van der Waals surface area contributed by atoms with Gasteiger partial charge in [0.2, 0.25) is 0 Å². The number of rotatable bonds is 4. The van der Waals surface area contributed by atoms with Crippen LogP contribution in [0.15, 0.2) is 47.5 Å². The van der Waals surface area contributed by atoms with E-state index < -0.39 is 0 Å². The lowest BCUT2D eigenvalue weighted by Gasteiger charge is -2.05. The van der Waals surface area contributed by atoms with Crippen molar-refractivity contribution in [2.24, 2.45) is 10.7 Å². The van der Waals surface area contributed by atoms with Gasteiger partial charge < -0.3 is 11.1 Å². The number of nitrogens with one attached hydrogen (secondary N) is 1. The van der Waals surface area contributed by atoms with E-state index in [1.807, 2.05) is 13.0 Å². The molecule has 0 radical (unpaired) electrons. The number of hydrogen-bond acceptors (Lipinski definition) is 1. The first-order chi connectivity index (χ1) is 8.16. The van der Waals surface area contributed by atoms with E-state index in [2.05, 4.69) is 41.2 Å². The van der Waals surface area contributed by atoms with E-state index in [4.69, 9.17) is 5.73 Å².